The molecule has 0 fully saturated rings. The first-order chi connectivity index (χ1) is 8.40. The van der Waals surface area contributed by atoms with Gasteiger partial charge in [-0.3, -0.25) is 0 Å². The zero-order valence-electron chi connectivity index (χ0n) is 10.1. The summed E-state index contributed by atoms with van der Waals surface area (Å²) < 4.78 is 31.2. The lowest BCUT2D eigenvalue weighted by Crippen LogP contribution is -2.27. The summed E-state index contributed by atoms with van der Waals surface area (Å²) in [7, 11) is -2.25. The molecule has 0 aliphatic carbocycles. The van der Waals surface area contributed by atoms with Crippen molar-refractivity contribution in [3.63, 3.8) is 0 Å². The van der Waals surface area contributed by atoms with E-state index in [9.17, 15) is 13.2 Å². The van der Waals surface area contributed by atoms with Gasteiger partial charge in [-0.05, 0) is 24.3 Å². The highest BCUT2D eigenvalue weighted by Gasteiger charge is 2.26. The molecular formula is C10H15NO5S2. The predicted octanol–water partition coefficient (Wildman–Crippen LogP) is 1.07. The molecule has 102 valence electrons. The molecule has 0 amide bonds. The molecule has 8 heteroatoms. The number of aryl methyl sites for hydroxylation is 1. The lowest BCUT2D eigenvalue weighted by molar-refractivity contribution is 0.0698. The molecule has 1 aromatic heterocycles. The smallest absolute Gasteiger partial charge is 0.347 e. The number of ether oxygens (including phenoxy) is 1. The SMILES string of the molecule is COCCCNS(=O)(=O)c1c(C)csc1C(=O)O. The second-order valence-corrected chi connectivity index (χ2v) is 6.21. The molecule has 0 spiro atoms. The van der Waals surface area contributed by atoms with Crippen LogP contribution in [0.4, 0.5) is 0 Å². The summed E-state index contributed by atoms with van der Waals surface area (Å²) in [6.07, 6.45) is 0.529. The van der Waals surface area contributed by atoms with Gasteiger partial charge in [-0.2, -0.15) is 0 Å². The molecule has 0 saturated heterocycles. The third kappa shape index (κ3) is 3.52. The van der Waals surface area contributed by atoms with Gasteiger partial charge in [0.1, 0.15) is 9.77 Å². The number of nitrogens with one attached hydrogen (secondary N) is 1. The van der Waals surface area contributed by atoms with Gasteiger partial charge in [-0.15, -0.1) is 11.3 Å². The lowest BCUT2D eigenvalue weighted by atomic mass is 10.3. The van der Waals surface area contributed by atoms with Crippen LogP contribution in [0.2, 0.25) is 0 Å². The molecule has 18 heavy (non-hydrogen) atoms. The third-order valence-electron chi connectivity index (χ3n) is 2.20. The van der Waals surface area contributed by atoms with Crippen molar-refractivity contribution in [1.29, 1.82) is 0 Å². The summed E-state index contributed by atoms with van der Waals surface area (Å²) in [6, 6.07) is 0. The average Bonchev–Trinajstić information content (AvgIpc) is 2.67. The van der Waals surface area contributed by atoms with Crippen LogP contribution in [0.25, 0.3) is 0 Å². The molecule has 0 bridgehead atoms. The van der Waals surface area contributed by atoms with Gasteiger partial charge in [-0.1, -0.05) is 0 Å². The summed E-state index contributed by atoms with van der Waals surface area (Å²) in [5.41, 5.74) is 0.441. The first-order valence-electron chi connectivity index (χ1n) is 5.20. The van der Waals surface area contributed by atoms with Gasteiger partial charge in [0.05, 0.1) is 0 Å². The van der Waals surface area contributed by atoms with Crippen LogP contribution in [0.1, 0.15) is 21.7 Å². The number of hydrogen-bond donors (Lipinski definition) is 2. The van der Waals surface area contributed by atoms with E-state index in [2.05, 4.69) is 4.72 Å². The van der Waals surface area contributed by atoms with Crippen molar-refractivity contribution in [3.05, 3.63) is 15.8 Å². The molecule has 0 aromatic carbocycles. The van der Waals surface area contributed by atoms with Gasteiger partial charge in [0, 0.05) is 20.3 Å². The summed E-state index contributed by atoms with van der Waals surface area (Å²) in [5.74, 6) is -1.23. The summed E-state index contributed by atoms with van der Waals surface area (Å²) in [5, 5.41) is 10.5. The van der Waals surface area contributed by atoms with Crippen LogP contribution in [0.5, 0.6) is 0 Å². The van der Waals surface area contributed by atoms with Gasteiger partial charge in [-0.25, -0.2) is 17.9 Å². The van der Waals surface area contributed by atoms with Gasteiger partial charge in [0.25, 0.3) is 0 Å². The lowest BCUT2D eigenvalue weighted by Gasteiger charge is -2.07. The van der Waals surface area contributed by atoms with E-state index in [0.717, 1.165) is 11.3 Å². The summed E-state index contributed by atoms with van der Waals surface area (Å²) in [4.78, 5) is 10.7. The Bertz CT molecular complexity index is 520. The Morgan fingerprint density at radius 1 is 1.56 bits per heavy atom. The van der Waals surface area contributed by atoms with Crippen molar-refractivity contribution in [2.45, 2.75) is 18.2 Å². The number of rotatable bonds is 7. The Hall–Kier alpha value is -0.960. The van der Waals surface area contributed by atoms with Crippen molar-refractivity contribution >= 4 is 27.3 Å². The Balaban J connectivity index is 2.91. The maximum absolute atomic E-state index is 12.0. The van der Waals surface area contributed by atoms with Gasteiger partial charge < -0.3 is 9.84 Å². The molecule has 1 rings (SSSR count). The van der Waals surface area contributed by atoms with E-state index < -0.39 is 16.0 Å². The maximum Gasteiger partial charge on any atom is 0.347 e. The molecule has 0 atom stereocenters. The molecule has 0 unspecified atom stereocenters. The predicted molar refractivity (Wildman–Crippen MR) is 67.7 cm³/mol. The highest BCUT2D eigenvalue weighted by atomic mass is 32.2. The number of sulfonamides is 1. The molecule has 2 N–H and O–H groups in total. The van der Waals surface area contributed by atoms with E-state index >= 15 is 0 Å². The topological polar surface area (TPSA) is 92.7 Å². The first kappa shape index (κ1) is 15.1. The quantitative estimate of drug-likeness (QED) is 0.734. The highest BCUT2D eigenvalue weighted by molar-refractivity contribution is 7.89. The number of carboxylic acid groups (broad SMARTS) is 1. The molecule has 0 aliphatic heterocycles. The van der Waals surface area contributed by atoms with Crippen molar-refractivity contribution < 1.29 is 23.1 Å². The number of carbonyl (C=O) groups is 1. The second kappa shape index (κ2) is 6.28. The molecule has 0 radical (unpaired) electrons. The minimum atomic E-state index is -3.78. The number of hydrogen-bond acceptors (Lipinski definition) is 5. The van der Waals surface area contributed by atoms with Gasteiger partial charge in [0.15, 0.2) is 0 Å². The van der Waals surface area contributed by atoms with Crippen molar-refractivity contribution in [3.8, 4) is 0 Å². The van der Waals surface area contributed by atoms with E-state index in [0.29, 0.717) is 18.6 Å². The Morgan fingerprint density at radius 2 is 2.22 bits per heavy atom. The molecule has 1 aromatic rings. The van der Waals surface area contributed by atoms with Crippen LogP contribution in [0.15, 0.2) is 10.3 Å². The average molecular weight is 293 g/mol. The third-order valence-corrected chi connectivity index (χ3v) is 5.06. The van der Waals surface area contributed by atoms with Crippen molar-refractivity contribution in [1.82, 2.24) is 4.72 Å². The molecular weight excluding hydrogens is 278 g/mol. The Kier molecular flexibility index (Phi) is 5.27. The van der Waals surface area contributed by atoms with Crippen LogP contribution in [-0.2, 0) is 14.8 Å². The number of thiophene rings is 1. The monoisotopic (exact) mass is 293 g/mol. The molecule has 0 aliphatic rings. The van der Waals surface area contributed by atoms with E-state index in [4.69, 9.17) is 9.84 Å². The fourth-order valence-corrected chi connectivity index (χ4v) is 4.11. The van der Waals surface area contributed by atoms with Crippen molar-refractivity contribution in [2.24, 2.45) is 0 Å². The number of aromatic carboxylic acids is 1. The Morgan fingerprint density at radius 3 is 2.78 bits per heavy atom. The van der Waals surface area contributed by atoms with Crippen LogP contribution < -0.4 is 4.72 Å². The van der Waals surface area contributed by atoms with Crippen LogP contribution in [0, 0.1) is 6.92 Å². The molecule has 0 saturated carbocycles. The normalized spacial score (nSPS) is 11.7. The fourth-order valence-electron chi connectivity index (χ4n) is 1.41. The number of carboxylic acids is 1. The summed E-state index contributed by atoms with van der Waals surface area (Å²) in [6.45, 7) is 2.23. The van der Waals surface area contributed by atoms with E-state index in [1.54, 1.807) is 6.92 Å². The minimum Gasteiger partial charge on any atom is -0.477 e. The van der Waals surface area contributed by atoms with E-state index in [1.807, 2.05) is 0 Å². The second-order valence-electron chi connectivity index (χ2n) is 3.63. The Labute approximate surface area is 110 Å². The zero-order valence-corrected chi connectivity index (χ0v) is 11.7. The van der Waals surface area contributed by atoms with Gasteiger partial charge in [0.2, 0.25) is 10.0 Å². The van der Waals surface area contributed by atoms with E-state index in [1.165, 1.54) is 12.5 Å². The molecule has 6 nitrogen and oxygen atoms in total. The standard InChI is InChI=1S/C10H15NO5S2/c1-7-6-17-8(10(12)13)9(7)18(14,15)11-4-3-5-16-2/h6,11H,3-5H2,1-2H3,(H,12,13). The van der Waals surface area contributed by atoms with Crippen LogP contribution in [-0.4, -0.2) is 39.8 Å². The minimum absolute atomic E-state index is 0.141. The fraction of sp³-hybridized carbons (Fsp3) is 0.500. The van der Waals surface area contributed by atoms with Crippen LogP contribution >= 0.6 is 11.3 Å². The van der Waals surface area contributed by atoms with Gasteiger partial charge >= 0.3 is 5.97 Å². The maximum atomic E-state index is 12.0. The van der Waals surface area contributed by atoms with E-state index in [-0.39, 0.29) is 16.3 Å². The van der Waals surface area contributed by atoms with Crippen molar-refractivity contribution in [2.75, 3.05) is 20.3 Å². The first-order valence-corrected chi connectivity index (χ1v) is 7.56. The molecule has 1 heterocycles. The zero-order chi connectivity index (χ0) is 13.8. The highest BCUT2D eigenvalue weighted by Crippen LogP contribution is 2.26. The van der Waals surface area contributed by atoms with Crippen LogP contribution in [0.3, 0.4) is 0 Å². The summed E-state index contributed by atoms with van der Waals surface area (Å²) >= 11 is 0.911. The largest absolute Gasteiger partial charge is 0.477 e. The number of methoxy groups -OCH3 is 1.